The first-order valence-electron chi connectivity index (χ1n) is 4.52. The standard InChI is InChI=1S/C10H7F3N4/c11-5-2-1-4(7(12)8(5)13)6-9(14)16-3-17-10(6)15/h1-3H,(H4,14,15,16,17). The van der Waals surface area contributed by atoms with Crippen LogP contribution in [0.2, 0.25) is 0 Å². The molecule has 0 amide bonds. The lowest BCUT2D eigenvalue weighted by atomic mass is 10.1. The second kappa shape index (κ2) is 3.93. The third kappa shape index (κ3) is 1.75. The second-order valence-corrected chi connectivity index (χ2v) is 3.24. The van der Waals surface area contributed by atoms with E-state index in [1.54, 1.807) is 0 Å². The van der Waals surface area contributed by atoms with Gasteiger partial charge in [0.25, 0.3) is 0 Å². The SMILES string of the molecule is Nc1ncnc(N)c1-c1ccc(F)c(F)c1F. The lowest BCUT2D eigenvalue weighted by Gasteiger charge is -2.08. The summed E-state index contributed by atoms with van der Waals surface area (Å²) < 4.78 is 39.4. The number of halogens is 3. The molecule has 4 N–H and O–H groups in total. The summed E-state index contributed by atoms with van der Waals surface area (Å²) >= 11 is 0. The highest BCUT2D eigenvalue weighted by atomic mass is 19.2. The van der Waals surface area contributed by atoms with Crippen LogP contribution < -0.4 is 11.5 Å². The first-order valence-corrected chi connectivity index (χ1v) is 4.52. The fourth-order valence-corrected chi connectivity index (χ4v) is 1.41. The van der Waals surface area contributed by atoms with Crippen molar-refractivity contribution in [2.24, 2.45) is 0 Å². The first kappa shape index (κ1) is 11.2. The Balaban J connectivity index is 2.74. The van der Waals surface area contributed by atoms with Crippen LogP contribution in [0.3, 0.4) is 0 Å². The van der Waals surface area contributed by atoms with E-state index in [-0.39, 0.29) is 22.8 Å². The van der Waals surface area contributed by atoms with Gasteiger partial charge in [0, 0.05) is 5.56 Å². The molecule has 0 aliphatic carbocycles. The van der Waals surface area contributed by atoms with Gasteiger partial charge < -0.3 is 11.5 Å². The van der Waals surface area contributed by atoms with Gasteiger partial charge in [-0.2, -0.15) is 0 Å². The average Bonchev–Trinajstić information content (AvgIpc) is 2.29. The molecule has 2 aromatic rings. The van der Waals surface area contributed by atoms with Crippen LogP contribution in [0.1, 0.15) is 0 Å². The molecule has 0 saturated carbocycles. The van der Waals surface area contributed by atoms with Crippen LogP contribution in [0.25, 0.3) is 11.1 Å². The van der Waals surface area contributed by atoms with Gasteiger partial charge in [0.15, 0.2) is 17.5 Å². The summed E-state index contributed by atoms with van der Waals surface area (Å²) in [5.41, 5.74) is 10.7. The summed E-state index contributed by atoms with van der Waals surface area (Å²) in [4.78, 5) is 7.23. The summed E-state index contributed by atoms with van der Waals surface area (Å²) in [5, 5.41) is 0. The summed E-state index contributed by atoms with van der Waals surface area (Å²) in [6.07, 6.45) is 1.09. The zero-order valence-electron chi connectivity index (χ0n) is 8.42. The summed E-state index contributed by atoms with van der Waals surface area (Å²) in [7, 11) is 0. The van der Waals surface area contributed by atoms with Crippen LogP contribution in [-0.4, -0.2) is 9.97 Å². The van der Waals surface area contributed by atoms with E-state index in [4.69, 9.17) is 11.5 Å². The Hall–Kier alpha value is -2.31. The number of nitrogen functional groups attached to an aromatic ring is 2. The molecular weight excluding hydrogens is 233 g/mol. The van der Waals surface area contributed by atoms with E-state index < -0.39 is 17.5 Å². The van der Waals surface area contributed by atoms with Gasteiger partial charge in [-0.1, -0.05) is 0 Å². The highest BCUT2D eigenvalue weighted by Crippen LogP contribution is 2.32. The minimum absolute atomic E-state index is 0.0519. The van der Waals surface area contributed by atoms with Crippen molar-refractivity contribution in [3.8, 4) is 11.1 Å². The number of benzene rings is 1. The van der Waals surface area contributed by atoms with Crippen LogP contribution >= 0.6 is 0 Å². The largest absolute Gasteiger partial charge is 0.383 e. The van der Waals surface area contributed by atoms with Gasteiger partial charge in [0.05, 0.1) is 5.56 Å². The van der Waals surface area contributed by atoms with E-state index in [2.05, 4.69) is 9.97 Å². The van der Waals surface area contributed by atoms with Crippen molar-refractivity contribution < 1.29 is 13.2 Å². The molecule has 0 unspecified atom stereocenters. The fourth-order valence-electron chi connectivity index (χ4n) is 1.41. The van der Waals surface area contributed by atoms with Crippen LogP contribution in [0.5, 0.6) is 0 Å². The molecule has 7 heteroatoms. The summed E-state index contributed by atoms with van der Waals surface area (Å²) in [5.74, 6) is -4.48. The predicted molar refractivity (Wildman–Crippen MR) is 56.2 cm³/mol. The minimum atomic E-state index is -1.59. The van der Waals surface area contributed by atoms with Gasteiger partial charge in [-0.25, -0.2) is 23.1 Å². The van der Waals surface area contributed by atoms with Crippen molar-refractivity contribution in [2.75, 3.05) is 11.5 Å². The molecule has 0 saturated heterocycles. The minimum Gasteiger partial charge on any atom is -0.383 e. The van der Waals surface area contributed by atoms with Gasteiger partial charge in [-0.15, -0.1) is 0 Å². The van der Waals surface area contributed by atoms with Crippen LogP contribution in [0, 0.1) is 17.5 Å². The molecule has 2 rings (SSSR count). The Morgan fingerprint density at radius 3 is 2.06 bits per heavy atom. The number of nitrogens with zero attached hydrogens (tertiary/aromatic N) is 2. The maximum absolute atomic E-state index is 13.5. The first-order chi connectivity index (χ1) is 8.02. The summed E-state index contributed by atoms with van der Waals surface area (Å²) in [6, 6.07) is 1.80. The van der Waals surface area contributed by atoms with E-state index in [0.717, 1.165) is 18.5 Å². The van der Waals surface area contributed by atoms with Gasteiger partial charge >= 0.3 is 0 Å². The normalized spacial score (nSPS) is 10.5. The quantitative estimate of drug-likeness (QED) is 0.744. The topological polar surface area (TPSA) is 77.8 Å². The number of aromatic nitrogens is 2. The molecule has 1 aromatic carbocycles. The van der Waals surface area contributed by atoms with E-state index in [1.165, 1.54) is 0 Å². The molecule has 0 aliphatic heterocycles. The Bertz CT molecular complexity index is 566. The van der Waals surface area contributed by atoms with E-state index in [1.807, 2.05) is 0 Å². The Morgan fingerprint density at radius 1 is 0.882 bits per heavy atom. The Labute approximate surface area is 94.1 Å². The third-order valence-electron chi connectivity index (χ3n) is 2.21. The van der Waals surface area contributed by atoms with Crippen LogP contribution in [0.4, 0.5) is 24.8 Å². The van der Waals surface area contributed by atoms with Crippen LogP contribution in [0.15, 0.2) is 18.5 Å². The monoisotopic (exact) mass is 240 g/mol. The van der Waals surface area contributed by atoms with Crippen molar-refractivity contribution in [3.63, 3.8) is 0 Å². The van der Waals surface area contributed by atoms with E-state index in [9.17, 15) is 13.2 Å². The maximum Gasteiger partial charge on any atom is 0.195 e. The molecule has 0 fully saturated rings. The number of hydrogen-bond acceptors (Lipinski definition) is 4. The van der Waals surface area contributed by atoms with Gasteiger partial charge in [0.1, 0.15) is 18.0 Å². The van der Waals surface area contributed by atoms with Crippen LogP contribution in [-0.2, 0) is 0 Å². The molecular formula is C10H7F3N4. The lowest BCUT2D eigenvalue weighted by Crippen LogP contribution is -2.04. The second-order valence-electron chi connectivity index (χ2n) is 3.24. The average molecular weight is 240 g/mol. The summed E-state index contributed by atoms with van der Waals surface area (Å²) in [6.45, 7) is 0. The van der Waals surface area contributed by atoms with Gasteiger partial charge in [-0.05, 0) is 12.1 Å². The zero-order chi connectivity index (χ0) is 12.6. The van der Waals surface area contributed by atoms with Gasteiger partial charge in [0.2, 0.25) is 0 Å². The molecule has 0 spiro atoms. The fraction of sp³-hybridized carbons (Fsp3) is 0. The zero-order valence-corrected chi connectivity index (χ0v) is 8.42. The molecule has 0 atom stereocenters. The van der Waals surface area contributed by atoms with Gasteiger partial charge in [-0.3, -0.25) is 0 Å². The van der Waals surface area contributed by atoms with Crippen molar-refractivity contribution in [1.82, 2.24) is 9.97 Å². The lowest BCUT2D eigenvalue weighted by molar-refractivity contribution is 0.449. The Morgan fingerprint density at radius 2 is 1.47 bits per heavy atom. The number of rotatable bonds is 1. The molecule has 1 heterocycles. The molecule has 0 radical (unpaired) electrons. The molecule has 17 heavy (non-hydrogen) atoms. The van der Waals surface area contributed by atoms with E-state index >= 15 is 0 Å². The van der Waals surface area contributed by atoms with E-state index in [0.29, 0.717) is 0 Å². The highest BCUT2D eigenvalue weighted by molar-refractivity contribution is 5.82. The number of nitrogens with two attached hydrogens (primary N) is 2. The van der Waals surface area contributed by atoms with Crippen molar-refractivity contribution in [1.29, 1.82) is 0 Å². The maximum atomic E-state index is 13.5. The number of hydrogen-bond donors (Lipinski definition) is 2. The van der Waals surface area contributed by atoms with Crippen molar-refractivity contribution in [3.05, 3.63) is 35.9 Å². The highest BCUT2D eigenvalue weighted by Gasteiger charge is 2.19. The third-order valence-corrected chi connectivity index (χ3v) is 2.21. The molecule has 1 aromatic heterocycles. The smallest absolute Gasteiger partial charge is 0.195 e. The Kier molecular flexibility index (Phi) is 2.58. The number of anilines is 2. The van der Waals surface area contributed by atoms with Crippen molar-refractivity contribution >= 4 is 11.6 Å². The molecule has 0 aliphatic rings. The molecule has 4 nitrogen and oxygen atoms in total. The predicted octanol–water partition coefficient (Wildman–Crippen LogP) is 1.73. The van der Waals surface area contributed by atoms with Crippen molar-refractivity contribution in [2.45, 2.75) is 0 Å². The molecule has 0 bridgehead atoms. The molecule has 88 valence electrons.